The van der Waals surface area contributed by atoms with Gasteiger partial charge in [-0.3, -0.25) is 4.98 Å². The molecule has 0 bridgehead atoms. The van der Waals surface area contributed by atoms with E-state index in [1.165, 1.54) is 6.07 Å². The van der Waals surface area contributed by atoms with Crippen molar-refractivity contribution in [3.63, 3.8) is 0 Å². The zero-order valence-corrected chi connectivity index (χ0v) is 13.3. The zero-order chi connectivity index (χ0) is 15.2. The van der Waals surface area contributed by atoms with Gasteiger partial charge in [0.2, 0.25) is 0 Å². The quantitative estimate of drug-likeness (QED) is 0.823. The number of halogens is 3. The Balaban J connectivity index is 2.24. The van der Waals surface area contributed by atoms with Gasteiger partial charge >= 0.3 is 0 Å². The van der Waals surface area contributed by atoms with Crippen molar-refractivity contribution in [1.82, 2.24) is 10.3 Å². The molecule has 1 aromatic carbocycles. The Kier molecular flexibility index (Phi) is 5.97. The van der Waals surface area contributed by atoms with Crippen molar-refractivity contribution in [2.75, 3.05) is 6.54 Å². The number of benzene rings is 1. The van der Waals surface area contributed by atoms with Gasteiger partial charge in [0, 0.05) is 6.20 Å². The molecule has 0 fully saturated rings. The monoisotopic (exact) mass is 326 g/mol. The molecule has 1 unspecified atom stereocenters. The molecule has 1 N–H and O–H groups in total. The van der Waals surface area contributed by atoms with Gasteiger partial charge in [-0.1, -0.05) is 36.2 Å². The van der Waals surface area contributed by atoms with Crippen molar-refractivity contribution in [1.29, 1.82) is 0 Å². The number of hydrogen-bond donors (Lipinski definition) is 1. The van der Waals surface area contributed by atoms with Gasteiger partial charge in [-0.15, -0.1) is 0 Å². The smallest absolute Gasteiger partial charge is 0.142 e. The van der Waals surface area contributed by atoms with Crippen LogP contribution < -0.4 is 5.32 Å². The van der Waals surface area contributed by atoms with Gasteiger partial charge in [-0.05, 0) is 49.2 Å². The molecule has 21 heavy (non-hydrogen) atoms. The predicted octanol–water partition coefficient (Wildman–Crippen LogP) is 4.81. The Hall–Kier alpha value is -1.16. The molecule has 0 aliphatic carbocycles. The summed E-state index contributed by atoms with van der Waals surface area (Å²) in [6.07, 6.45) is 3.31. The number of nitrogens with one attached hydrogen (secondary N) is 1. The van der Waals surface area contributed by atoms with Crippen molar-refractivity contribution in [3.05, 3.63) is 63.6 Å². The van der Waals surface area contributed by atoms with Crippen LogP contribution in [0.3, 0.4) is 0 Å². The van der Waals surface area contributed by atoms with Crippen LogP contribution in [0, 0.1) is 5.82 Å². The minimum Gasteiger partial charge on any atom is -0.308 e. The Morgan fingerprint density at radius 1 is 1.24 bits per heavy atom. The maximum atomic E-state index is 13.6. The molecule has 0 amide bonds. The van der Waals surface area contributed by atoms with Crippen molar-refractivity contribution >= 4 is 23.2 Å². The third-order valence-corrected chi connectivity index (χ3v) is 3.81. The molecule has 0 aliphatic rings. The first-order valence-corrected chi connectivity index (χ1v) is 7.65. The fraction of sp³-hybridized carbons (Fsp3) is 0.312. The SMILES string of the molecule is CCCNC(Cc1ccc(Cl)c(F)c1)c1ncccc1Cl. The zero-order valence-electron chi connectivity index (χ0n) is 11.7. The molecule has 0 saturated carbocycles. The molecule has 1 heterocycles. The van der Waals surface area contributed by atoms with Crippen LogP contribution >= 0.6 is 23.2 Å². The van der Waals surface area contributed by atoms with Crippen LogP contribution in [0.15, 0.2) is 36.5 Å². The molecule has 0 saturated heterocycles. The topological polar surface area (TPSA) is 24.9 Å². The van der Waals surface area contributed by atoms with Gasteiger partial charge in [0.05, 0.1) is 21.8 Å². The van der Waals surface area contributed by atoms with Crippen LogP contribution in [-0.2, 0) is 6.42 Å². The number of hydrogen-bond acceptors (Lipinski definition) is 2. The molecule has 1 atom stereocenters. The average Bonchev–Trinajstić information content (AvgIpc) is 2.48. The summed E-state index contributed by atoms with van der Waals surface area (Å²) in [6, 6.07) is 8.41. The van der Waals surface area contributed by atoms with Crippen molar-refractivity contribution in [3.8, 4) is 0 Å². The van der Waals surface area contributed by atoms with E-state index in [9.17, 15) is 4.39 Å². The van der Waals surface area contributed by atoms with Gasteiger partial charge < -0.3 is 5.32 Å². The standard InChI is InChI=1S/C16H17Cl2FN2/c1-2-7-20-15(16-13(18)4-3-8-21-16)10-11-5-6-12(17)14(19)9-11/h3-6,8-9,15,20H,2,7,10H2,1H3. The van der Waals surface area contributed by atoms with Crippen LogP contribution in [0.2, 0.25) is 10.0 Å². The highest BCUT2D eigenvalue weighted by atomic mass is 35.5. The maximum absolute atomic E-state index is 13.6. The minimum atomic E-state index is -0.407. The number of pyridine rings is 1. The van der Waals surface area contributed by atoms with Crippen LogP contribution in [0.25, 0.3) is 0 Å². The van der Waals surface area contributed by atoms with E-state index in [-0.39, 0.29) is 11.1 Å². The molecule has 0 radical (unpaired) electrons. The normalized spacial score (nSPS) is 12.4. The minimum absolute atomic E-state index is 0.0563. The molecular weight excluding hydrogens is 310 g/mol. The lowest BCUT2D eigenvalue weighted by Gasteiger charge is -2.19. The largest absolute Gasteiger partial charge is 0.308 e. The van der Waals surface area contributed by atoms with Gasteiger partial charge in [0.25, 0.3) is 0 Å². The first kappa shape index (κ1) is 16.2. The van der Waals surface area contributed by atoms with E-state index >= 15 is 0 Å². The van der Waals surface area contributed by atoms with Crippen LogP contribution in [0.1, 0.15) is 30.6 Å². The van der Waals surface area contributed by atoms with E-state index in [0.717, 1.165) is 24.2 Å². The average molecular weight is 327 g/mol. The van der Waals surface area contributed by atoms with E-state index in [1.54, 1.807) is 18.3 Å². The second kappa shape index (κ2) is 7.74. The van der Waals surface area contributed by atoms with Crippen LogP contribution in [0.5, 0.6) is 0 Å². The van der Waals surface area contributed by atoms with Gasteiger partial charge in [0.1, 0.15) is 5.82 Å². The lowest BCUT2D eigenvalue weighted by molar-refractivity contribution is 0.516. The van der Waals surface area contributed by atoms with E-state index in [0.29, 0.717) is 11.4 Å². The van der Waals surface area contributed by atoms with Crippen LogP contribution in [0.4, 0.5) is 4.39 Å². The first-order valence-electron chi connectivity index (χ1n) is 6.89. The molecule has 0 aliphatic heterocycles. The highest BCUT2D eigenvalue weighted by molar-refractivity contribution is 6.31. The number of aromatic nitrogens is 1. The molecule has 1 aromatic heterocycles. The number of rotatable bonds is 6. The molecular formula is C16H17Cl2FN2. The van der Waals surface area contributed by atoms with Gasteiger partial charge in [-0.2, -0.15) is 0 Å². The summed E-state index contributed by atoms with van der Waals surface area (Å²) in [5.74, 6) is -0.407. The van der Waals surface area contributed by atoms with Crippen molar-refractivity contribution in [2.24, 2.45) is 0 Å². The summed E-state index contributed by atoms with van der Waals surface area (Å²) in [5, 5.41) is 4.15. The van der Waals surface area contributed by atoms with Crippen LogP contribution in [-0.4, -0.2) is 11.5 Å². The molecule has 2 aromatic rings. The second-order valence-corrected chi connectivity index (χ2v) is 5.64. The molecule has 5 heteroatoms. The molecule has 112 valence electrons. The highest BCUT2D eigenvalue weighted by Crippen LogP contribution is 2.25. The van der Waals surface area contributed by atoms with Gasteiger partial charge in [0.15, 0.2) is 0 Å². The summed E-state index contributed by atoms with van der Waals surface area (Å²) in [5.41, 5.74) is 1.63. The maximum Gasteiger partial charge on any atom is 0.142 e. The lowest BCUT2D eigenvalue weighted by atomic mass is 10.0. The predicted molar refractivity (Wildman–Crippen MR) is 85.4 cm³/mol. The molecule has 2 rings (SSSR count). The second-order valence-electron chi connectivity index (χ2n) is 4.83. The van der Waals surface area contributed by atoms with E-state index in [1.807, 2.05) is 12.1 Å². The van der Waals surface area contributed by atoms with Crippen molar-refractivity contribution < 1.29 is 4.39 Å². The van der Waals surface area contributed by atoms with E-state index in [2.05, 4.69) is 17.2 Å². The molecule has 2 nitrogen and oxygen atoms in total. The summed E-state index contributed by atoms with van der Waals surface area (Å²) >= 11 is 11.9. The highest BCUT2D eigenvalue weighted by Gasteiger charge is 2.16. The third kappa shape index (κ3) is 4.40. The lowest BCUT2D eigenvalue weighted by Crippen LogP contribution is -2.25. The fourth-order valence-electron chi connectivity index (χ4n) is 2.14. The summed E-state index contributed by atoms with van der Waals surface area (Å²) in [4.78, 5) is 4.35. The Labute approximate surface area is 134 Å². The van der Waals surface area contributed by atoms with Gasteiger partial charge in [-0.25, -0.2) is 4.39 Å². The van der Waals surface area contributed by atoms with Crippen molar-refractivity contribution in [2.45, 2.75) is 25.8 Å². The summed E-state index contributed by atoms with van der Waals surface area (Å²) in [7, 11) is 0. The fourth-order valence-corrected chi connectivity index (χ4v) is 2.51. The van der Waals surface area contributed by atoms with E-state index in [4.69, 9.17) is 23.2 Å². The Bertz CT molecular complexity index is 605. The summed E-state index contributed by atoms with van der Waals surface area (Å²) < 4.78 is 13.6. The molecule has 0 spiro atoms. The summed E-state index contributed by atoms with van der Waals surface area (Å²) in [6.45, 7) is 2.93. The number of nitrogens with zero attached hydrogens (tertiary/aromatic N) is 1. The first-order chi connectivity index (χ1) is 10.1. The Morgan fingerprint density at radius 3 is 2.71 bits per heavy atom. The van der Waals surface area contributed by atoms with E-state index < -0.39 is 5.82 Å². The third-order valence-electron chi connectivity index (χ3n) is 3.18. The Morgan fingerprint density at radius 2 is 2.05 bits per heavy atom.